The lowest BCUT2D eigenvalue weighted by Gasteiger charge is -2.30. The molecule has 0 saturated heterocycles. The molecule has 0 unspecified atom stereocenters. The lowest BCUT2D eigenvalue weighted by atomic mass is 9.95. The Hall–Kier alpha value is -2.98. The van der Waals surface area contributed by atoms with Gasteiger partial charge in [-0.05, 0) is 54.5 Å². The minimum Gasteiger partial charge on any atom is -0.480 e. The molecule has 2 aromatic carbocycles. The third kappa shape index (κ3) is 5.82. The number of carbonyl (C=O) groups excluding carboxylic acids is 2. The summed E-state index contributed by atoms with van der Waals surface area (Å²) in [6.07, 6.45) is 7.05. The van der Waals surface area contributed by atoms with Crippen molar-refractivity contribution in [1.29, 1.82) is 0 Å². The second-order valence-corrected chi connectivity index (χ2v) is 11.3. The summed E-state index contributed by atoms with van der Waals surface area (Å²) >= 11 is 14.8. The van der Waals surface area contributed by atoms with Crippen LogP contribution in [0.25, 0.3) is 11.0 Å². The molecule has 2 aliphatic rings. The van der Waals surface area contributed by atoms with Gasteiger partial charge in [-0.3, -0.25) is 9.59 Å². The van der Waals surface area contributed by atoms with Crippen molar-refractivity contribution in [1.82, 2.24) is 14.5 Å². The molecule has 39 heavy (non-hydrogen) atoms. The van der Waals surface area contributed by atoms with Gasteiger partial charge in [-0.1, -0.05) is 52.9 Å². The fourth-order valence-corrected chi connectivity index (χ4v) is 6.43. The molecule has 0 saturated carbocycles. The van der Waals surface area contributed by atoms with Gasteiger partial charge in [0.1, 0.15) is 11.6 Å². The van der Waals surface area contributed by atoms with E-state index in [0.717, 1.165) is 35.1 Å². The molecule has 5 rings (SSSR count). The van der Waals surface area contributed by atoms with Gasteiger partial charge in [0, 0.05) is 43.5 Å². The van der Waals surface area contributed by atoms with Crippen LogP contribution in [0.3, 0.4) is 0 Å². The van der Waals surface area contributed by atoms with Gasteiger partial charge >= 0.3 is 5.97 Å². The van der Waals surface area contributed by atoms with Gasteiger partial charge in [0.2, 0.25) is 0 Å². The number of nitrogens with one attached hydrogen (secondary N) is 1. The Morgan fingerprint density at radius 3 is 2.74 bits per heavy atom. The van der Waals surface area contributed by atoms with Crippen molar-refractivity contribution in [3.05, 3.63) is 80.5 Å². The second kappa shape index (κ2) is 11.6. The first-order valence-electron chi connectivity index (χ1n) is 12.5. The van der Waals surface area contributed by atoms with Gasteiger partial charge in [0.25, 0.3) is 11.8 Å². The standard InChI is InChI=1S/C28H27Cl2N3O5S/c1-39-33-8-2-3-16(14-33)11-22(28(36)37)31-26(34)24-21(29)12-19-15-32(9-6-20(19)25(24)30)27(35)18-5-4-17-7-10-38-23(17)13-18/h3-5,7,10,12-13,22H,2,6,8-9,11,14-15H2,1H3,(H,31,34)(H,36,37)/t22-/m0/s1. The molecule has 0 aliphatic carbocycles. The molecule has 204 valence electrons. The minimum absolute atomic E-state index is 0.0507. The maximum atomic E-state index is 13.2. The van der Waals surface area contributed by atoms with E-state index in [2.05, 4.69) is 9.62 Å². The van der Waals surface area contributed by atoms with E-state index in [1.54, 1.807) is 41.3 Å². The molecule has 2 amide bonds. The lowest BCUT2D eigenvalue weighted by molar-refractivity contribution is -0.139. The smallest absolute Gasteiger partial charge is 0.326 e. The Bertz CT molecular complexity index is 1490. The number of rotatable bonds is 7. The van der Waals surface area contributed by atoms with E-state index in [4.69, 9.17) is 27.6 Å². The Morgan fingerprint density at radius 1 is 1.15 bits per heavy atom. The number of amides is 2. The Kier molecular flexibility index (Phi) is 8.23. The molecule has 1 aromatic heterocycles. The second-order valence-electron chi connectivity index (χ2n) is 9.60. The van der Waals surface area contributed by atoms with E-state index in [1.807, 2.05) is 24.5 Å². The highest BCUT2D eigenvalue weighted by Crippen LogP contribution is 2.35. The first-order valence-corrected chi connectivity index (χ1v) is 14.5. The normalized spacial score (nSPS) is 16.5. The van der Waals surface area contributed by atoms with Gasteiger partial charge in [-0.25, -0.2) is 9.10 Å². The topological polar surface area (TPSA) is 103 Å². The monoisotopic (exact) mass is 587 g/mol. The molecule has 3 aromatic rings. The summed E-state index contributed by atoms with van der Waals surface area (Å²) in [6.45, 7) is 2.23. The zero-order chi connectivity index (χ0) is 27.7. The number of fused-ring (bicyclic) bond motifs is 2. The van der Waals surface area contributed by atoms with Gasteiger partial charge in [-0.15, -0.1) is 0 Å². The molecule has 3 heterocycles. The van der Waals surface area contributed by atoms with E-state index in [0.29, 0.717) is 30.7 Å². The zero-order valence-corrected chi connectivity index (χ0v) is 23.5. The number of nitrogens with zero attached hydrogens (tertiary/aromatic N) is 2. The average molecular weight is 589 g/mol. The quantitative estimate of drug-likeness (QED) is 0.281. The number of halogens is 2. The van der Waals surface area contributed by atoms with Crippen molar-refractivity contribution >= 4 is 63.9 Å². The number of furan rings is 1. The van der Waals surface area contributed by atoms with Crippen molar-refractivity contribution in [3.63, 3.8) is 0 Å². The molecular weight excluding hydrogens is 561 g/mol. The summed E-state index contributed by atoms with van der Waals surface area (Å²) in [5.41, 5.74) is 3.65. The van der Waals surface area contributed by atoms with E-state index in [-0.39, 0.29) is 34.5 Å². The lowest BCUT2D eigenvalue weighted by Crippen LogP contribution is -2.42. The SMILES string of the molecule is CSN1CCC=C(C[C@H](NC(=O)c2c(Cl)cc3c(c2Cl)CCN(C(=O)c2ccc4ccoc4c2)C3)C(=O)O)C1. The highest BCUT2D eigenvalue weighted by molar-refractivity contribution is 7.96. The molecule has 0 bridgehead atoms. The molecule has 8 nitrogen and oxygen atoms in total. The number of benzene rings is 2. The zero-order valence-electron chi connectivity index (χ0n) is 21.2. The molecule has 1 atom stereocenters. The van der Waals surface area contributed by atoms with Gasteiger partial charge in [0.15, 0.2) is 0 Å². The summed E-state index contributed by atoms with van der Waals surface area (Å²) < 4.78 is 7.58. The van der Waals surface area contributed by atoms with Crippen LogP contribution in [0, 0.1) is 0 Å². The molecular formula is C28H27Cl2N3O5S. The van der Waals surface area contributed by atoms with Crippen LogP contribution in [0.5, 0.6) is 0 Å². The molecule has 11 heteroatoms. The Balaban J connectivity index is 1.32. The van der Waals surface area contributed by atoms with Gasteiger partial charge in [0.05, 0.1) is 21.9 Å². The maximum Gasteiger partial charge on any atom is 0.326 e. The maximum absolute atomic E-state index is 13.2. The van der Waals surface area contributed by atoms with Crippen molar-refractivity contribution < 1.29 is 23.9 Å². The van der Waals surface area contributed by atoms with Crippen LogP contribution >= 0.6 is 35.1 Å². The van der Waals surface area contributed by atoms with Crippen LogP contribution in [-0.4, -0.2) is 64.0 Å². The van der Waals surface area contributed by atoms with Crippen molar-refractivity contribution in [2.24, 2.45) is 0 Å². The molecule has 2 aliphatic heterocycles. The summed E-state index contributed by atoms with van der Waals surface area (Å²) in [6, 6.07) is 7.70. The Labute approximate surface area is 240 Å². The van der Waals surface area contributed by atoms with E-state index < -0.39 is 17.9 Å². The fraction of sp³-hybridized carbons (Fsp3) is 0.321. The molecule has 2 N–H and O–H groups in total. The van der Waals surface area contributed by atoms with E-state index in [9.17, 15) is 19.5 Å². The highest BCUT2D eigenvalue weighted by atomic mass is 35.5. The number of carbonyl (C=O) groups is 3. The van der Waals surface area contributed by atoms with Gasteiger partial charge in [-0.2, -0.15) is 0 Å². The predicted molar refractivity (Wildman–Crippen MR) is 152 cm³/mol. The van der Waals surface area contributed by atoms with Crippen molar-refractivity contribution in [2.75, 3.05) is 25.9 Å². The fourth-order valence-electron chi connectivity index (χ4n) is 5.08. The summed E-state index contributed by atoms with van der Waals surface area (Å²) in [4.78, 5) is 40.1. The predicted octanol–water partition coefficient (Wildman–Crippen LogP) is 5.42. The van der Waals surface area contributed by atoms with Crippen LogP contribution in [0.4, 0.5) is 0 Å². The number of hydrogen-bond acceptors (Lipinski definition) is 6. The number of carboxylic acid groups (broad SMARTS) is 1. The molecule has 0 spiro atoms. The summed E-state index contributed by atoms with van der Waals surface area (Å²) in [5.74, 6) is -1.91. The van der Waals surface area contributed by atoms with E-state index >= 15 is 0 Å². The third-order valence-corrected chi connectivity index (χ3v) is 8.68. The van der Waals surface area contributed by atoms with E-state index in [1.165, 1.54) is 0 Å². The summed E-state index contributed by atoms with van der Waals surface area (Å²) in [5, 5.41) is 13.6. The average Bonchev–Trinajstić information content (AvgIpc) is 3.40. The van der Waals surface area contributed by atoms with Crippen LogP contribution in [0.15, 0.2) is 52.7 Å². The van der Waals surface area contributed by atoms with Crippen LogP contribution in [0.2, 0.25) is 10.0 Å². The first-order chi connectivity index (χ1) is 18.7. The highest BCUT2D eigenvalue weighted by Gasteiger charge is 2.30. The largest absolute Gasteiger partial charge is 0.480 e. The minimum atomic E-state index is -1.13. The van der Waals surface area contributed by atoms with Crippen LogP contribution in [0.1, 0.15) is 44.7 Å². The van der Waals surface area contributed by atoms with Crippen LogP contribution < -0.4 is 5.32 Å². The number of carboxylic acids is 1. The molecule has 0 radical (unpaired) electrons. The van der Waals surface area contributed by atoms with Gasteiger partial charge < -0.3 is 19.7 Å². The first kappa shape index (κ1) is 27.6. The van der Waals surface area contributed by atoms with Crippen LogP contribution in [-0.2, 0) is 17.8 Å². The van der Waals surface area contributed by atoms with Crippen molar-refractivity contribution in [3.8, 4) is 0 Å². The molecule has 0 fully saturated rings. The van der Waals surface area contributed by atoms with Crippen molar-refractivity contribution in [2.45, 2.75) is 31.8 Å². The Morgan fingerprint density at radius 2 is 1.97 bits per heavy atom. The number of hydrogen-bond donors (Lipinski definition) is 2. The number of aliphatic carboxylic acids is 1. The third-order valence-electron chi connectivity index (χ3n) is 7.14. The summed E-state index contributed by atoms with van der Waals surface area (Å²) in [7, 11) is 0.